The molecule has 0 aromatic heterocycles. The van der Waals surface area contributed by atoms with Crippen LogP contribution in [0.15, 0.2) is 84.6 Å². The molecule has 0 spiro atoms. The molecule has 0 atom stereocenters. The first-order chi connectivity index (χ1) is 15.0. The number of rotatable bonds is 7. The quantitative estimate of drug-likeness (QED) is 0.343. The molecular weight excluding hydrogens is 398 g/mol. The Hall–Kier alpha value is -4.46. The number of hydrogen-bond donors (Lipinski definition) is 2. The molecule has 0 aliphatic rings. The SMILES string of the molecule is COc1cccc(NC(=O)/C(=C/c2ccc([N+](=O)[O-])cc2)NC(=O)c2ccccc2)c1. The summed E-state index contributed by atoms with van der Waals surface area (Å²) in [5.74, 6) is -0.461. The Morgan fingerprint density at radius 3 is 2.32 bits per heavy atom. The average molecular weight is 417 g/mol. The summed E-state index contributed by atoms with van der Waals surface area (Å²) in [7, 11) is 1.51. The zero-order chi connectivity index (χ0) is 22.2. The van der Waals surface area contributed by atoms with Gasteiger partial charge in [0.05, 0.1) is 12.0 Å². The minimum absolute atomic E-state index is 0.0227. The molecule has 0 fully saturated rings. The largest absolute Gasteiger partial charge is 0.497 e. The van der Waals surface area contributed by atoms with Crippen molar-refractivity contribution in [1.29, 1.82) is 0 Å². The van der Waals surface area contributed by atoms with Crippen molar-refractivity contribution in [1.82, 2.24) is 5.32 Å². The molecule has 31 heavy (non-hydrogen) atoms. The zero-order valence-corrected chi connectivity index (χ0v) is 16.6. The fraction of sp³-hybridized carbons (Fsp3) is 0.0435. The lowest BCUT2D eigenvalue weighted by Crippen LogP contribution is -2.30. The standard InChI is InChI=1S/C23H19N3O5/c1-31-20-9-5-8-18(15-20)24-23(28)21(25-22(27)17-6-3-2-4-7-17)14-16-10-12-19(13-11-16)26(29)30/h2-15H,1H3,(H,24,28)(H,25,27)/b21-14-. The molecule has 2 N–H and O–H groups in total. The van der Waals surface area contributed by atoms with Crippen molar-refractivity contribution in [2.24, 2.45) is 0 Å². The van der Waals surface area contributed by atoms with Crippen molar-refractivity contribution >= 4 is 29.3 Å². The number of methoxy groups -OCH3 is 1. The molecule has 3 aromatic carbocycles. The van der Waals surface area contributed by atoms with Crippen molar-refractivity contribution < 1.29 is 19.2 Å². The normalized spacial score (nSPS) is 10.8. The van der Waals surface area contributed by atoms with Crippen LogP contribution in [0.5, 0.6) is 5.75 Å². The maximum absolute atomic E-state index is 12.9. The van der Waals surface area contributed by atoms with Crippen LogP contribution in [0.4, 0.5) is 11.4 Å². The molecule has 0 heterocycles. The first kappa shape index (κ1) is 21.3. The molecule has 0 saturated heterocycles. The van der Waals surface area contributed by atoms with Gasteiger partial charge in [0.25, 0.3) is 17.5 Å². The third-order valence-corrected chi connectivity index (χ3v) is 4.27. The molecule has 0 aliphatic carbocycles. The third kappa shape index (κ3) is 5.77. The molecule has 156 valence electrons. The van der Waals surface area contributed by atoms with Crippen molar-refractivity contribution in [3.8, 4) is 5.75 Å². The molecule has 0 saturated carbocycles. The van der Waals surface area contributed by atoms with Crippen LogP contribution in [0.25, 0.3) is 6.08 Å². The molecule has 2 amide bonds. The maximum Gasteiger partial charge on any atom is 0.272 e. The smallest absolute Gasteiger partial charge is 0.272 e. The third-order valence-electron chi connectivity index (χ3n) is 4.27. The Bertz CT molecular complexity index is 1130. The van der Waals surface area contributed by atoms with Gasteiger partial charge in [-0.1, -0.05) is 24.3 Å². The van der Waals surface area contributed by atoms with E-state index in [9.17, 15) is 19.7 Å². The summed E-state index contributed by atoms with van der Waals surface area (Å²) in [6.45, 7) is 0. The van der Waals surface area contributed by atoms with E-state index in [1.807, 2.05) is 0 Å². The van der Waals surface area contributed by atoms with E-state index >= 15 is 0 Å². The summed E-state index contributed by atoms with van der Waals surface area (Å²) in [6.07, 6.45) is 1.44. The first-order valence-corrected chi connectivity index (χ1v) is 9.24. The second-order valence-corrected chi connectivity index (χ2v) is 6.41. The lowest BCUT2D eigenvalue weighted by Gasteiger charge is -2.12. The van der Waals surface area contributed by atoms with Crippen LogP contribution < -0.4 is 15.4 Å². The second kappa shape index (κ2) is 9.84. The highest BCUT2D eigenvalue weighted by Crippen LogP contribution is 2.18. The number of nitro groups is 1. The van der Waals surface area contributed by atoms with Crippen LogP contribution in [0.1, 0.15) is 15.9 Å². The average Bonchev–Trinajstić information content (AvgIpc) is 2.79. The molecule has 0 aliphatic heterocycles. The van der Waals surface area contributed by atoms with Gasteiger partial charge in [-0.2, -0.15) is 0 Å². The van der Waals surface area contributed by atoms with Gasteiger partial charge in [-0.15, -0.1) is 0 Å². The van der Waals surface area contributed by atoms with Gasteiger partial charge in [0.1, 0.15) is 11.4 Å². The lowest BCUT2D eigenvalue weighted by atomic mass is 10.1. The molecule has 8 heteroatoms. The van der Waals surface area contributed by atoms with Gasteiger partial charge in [-0.3, -0.25) is 19.7 Å². The highest BCUT2D eigenvalue weighted by atomic mass is 16.6. The Kier molecular flexibility index (Phi) is 6.74. The van der Waals surface area contributed by atoms with E-state index in [-0.39, 0.29) is 11.4 Å². The predicted octanol–water partition coefficient (Wildman–Crippen LogP) is 4.01. The van der Waals surface area contributed by atoms with Gasteiger partial charge in [0.15, 0.2) is 0 Å². The molecule has 3 aromatic rings. The van der Waals surface area contributed by atoms with E-state index in [0.29, 0.717) is 22.6 Å². The number of carbonyl (C=O) groups is 2. The number of nitro benzene ring substituents is 1. The first-order valence-electron chi connectivity index (χ1n) is 9.24. The number of carbonyl (C=O) groups excluding carboxylic acids is 2. The molecule has 0 radical (unpaired) electrons. The minimum atomic E-state index is -0.559. The van der Waals surface area contributed by atoms with E-state index in [4.69, 9.17) is 4.74 Å². The number of non-ortho nitro benzene ring substituents is 1. The van der Waals surface area contributed by atoms with E-state index < -0.39 is 16.7 Å². The van der Waals surface area contributed by atoms with Gasteiger partial charge >= 0.3 is 0 Å². The fourth-order valence-corrected chi connectivity index (χ4v) is 2.70. The van der Waals surface area contributed by atoms with Crippen LogP contribution in [-0.4, -0.2) is 23.8 Å². The minimum Gasteiger partial charge on any atom is -0.497 e. The monoisotopic (exact) mass is 417 g/mol. The van der Waals surface area contributed by atoms with Crippen molar-refractivity contribution in [2.75, 3.05) is 12.4 Å². The number of nitrogens with zero attached hydrogens (tertiary/aromatic N) is 1. The Morgan fingerprint density at radius 2 is 1.68 bits per heavy atom. The van der Waals surface area contributed by atoms with Crippen LogP contribution in [0, 0.1) is 10.1 Å². The molecular formula is C23H19N3O5. The summed E-state index contributed by atoms with van der Waals surface area (Å²) in [6, 6.07) is 20.9. The fourth-order valence-electron chi connectivity index (χ4n) is 2.70. The van der Waals surface area contributed by atoms with E-state index in [0.717, 1.165) is 0 Å². The van der Waals surface area contributed by atoms with E-state index in [1.165, 1.54) is 37.5 Å². The highest BCUT2D eigenvalue weighted by Gasteiger charge is 2.15. The topological polar surface area (TPSA) is 111 Å². The van der Waals surface area contributed by atoms with Gasteiger partial charge in [0.2, 0.25) is 0 Å². The van der Waals surface area contributed by atoms with Crippen LogP contribution >= 0.6 is 0 Å². The number of amides is 2. The second-order valence-electron chi connectivity index (χ2n) is 6.41. The maximum atomic E-state index is 12.9. The van der Waals surface area contributed by atoms with Crippen molar-refractivity contribution in [2.45, 2.75) is 0 Å². The number of hydrogen-bond acceptors (Lipinski definition) is 5. The summed E-state index contributed by atoms with van der Waals surface area (Å²) in [5, 5.41) is 16.2. The Balaban J connectivity index is 1.89. The summed E-state index contributed by atoms with van der Waals surface area (Å²) in [5.41, 5.74) is 1.27. The van der Waals surface area contributed by atoms with Crippen LogP contribution in [0.3, 0.4) is 0 Å². The predicted molar refractivity (Wildman–Crippen MR) is 117 cm³/mol. The Labute approximate surface area is 178 Å². The molecule has 0 bridgehead atoms. The van der Waals surface area contributed by atoms with E-state index in [2.05, 4.69) is 10.6 Å². The molecule has 0 unspecified atom stereocenters. The highest BCUT2D eigenvalue weighted by molar-refractivity contribution is 6.10. The molecule has 3 rings (SSSR count). The number of anilines is 1. The Morgan fingerprint density at radius 1 is 0.968 bits per heavy atom. The van der Waals surface area contributed by atoms with E-state index in [1.54, 1.807) is 54.6 Å². The summed E-state index contributed by atoms with van der Waals surface area (Å²) < 4.78 is 5.15. The van der Waals surface area contributed by atoms with Gasteiger partial charge < -0.3 is 15.4 Å². The number of ether oxygens (including phenoxy) is 1. The van der Waals surface area contributed by atoms with Crippen molar-refractivity contribution in [3.05, 3.63) is 106 Å². The van der Waals surface area contributed by atoms with Crippen molar-refractivity contribution in [3.63, 3.8) is 0 Å². The zero-order valence-electron chi connectivity index (χ0n) is 16.6. The lowest BCUT2D eigenvalue weighted by molar-refractivity contribution is -0.384. The number of nitrogens with one attached hydrogen (secondary N) is 2. The van der Waals surface area contributed by atoms with Gasteiger partial charge in [-0.05, 0) is 48.0 Å². The van der Waals surface area contributed by atoms with Gasteiger partial charge in [0, 0.05) is 29.4 Å². The van der Waals surface area contributed by atoms with Crippen LogP contribution in [-0.2, 0) is 4.79 Å². The van der Waals surface area contributed by atoms with Gasteiger partial charge in [-0.25, -0.2) is 0 Å². The molecule has 8 nitrogen and oxygen atoms in total. The van der Waals surface area contributed by atoms with Crippen LogP contribution in [0.2, 0.25) is 0 Å². The number of benzene rings is 3. The summed E-state index contributed by atoms with van der Waals surface area (Å²) >= 11 is 0. The summed E-state index contributed by atoms with van der Waals surface area (Å²) in [4.78, 5) is 35.9.